The Labute approximate surface area is 78.3 Å². The largest absolute Gasteiger partial charge is 0.314 e. The highest BCUT2D eigenvalue weighted by Crippen LogP contribution is 2.04. The van der Waals surface area contributed by atoms with E-state index in [1.54, 1.807) is 12.1 Å². The SMILES string of the molecule is CN[C@@H](C)/C=C/c1ccc(F)cc1. The van der Waals surface area contributed by atoms with E-state index in [4.69, 9.17) is 0 Å². The van der Waals surface area contributed by atoms with E-state index in [1.165, 1.54) is 12.1 Å². The van der Waals surface area contributed by atoms with Gasteiger partial charge in [0.25, 0.3) is 0 Å². The Bertz CT molecular complexity index is 277. The van der Waals surface area contributed by atoms with Crippen LogP contribution in [0.4, 0.5) is 4.39 Å². The molecule has 1 N–H and O–H groups in total. The molecule has 0 saturated carbocycles. The average Bonchev–Trinajstić information content (AvgIpc) is 2.16. The van der Waals surface area contributed by atoms with Gasteiger partial charge in [0.05, 0.1) is 0 Å². The molecule has 1 aromatic carbocycles. The zero-order chi connectivity index (χ0) is 9.68. The van der Waals surface area contributed by atoms with Gasteiger partial charge in [0.15, 0.2) is 0 Å². The first kappa shape index (κ1) is 9.93. The van der Waals surface area contributed by atoms with Gasteiger partial charge in [-0.2, -0.15) is 0 Å². The van der Waals surface area contributed by atoms with Crippen molar-refractivity contribution in [3.05, 3.63) is 41.7 Å². The molecule has 0 saturated heterocycles. The number of nitrogens with one attached hydrogen (secondary N) is 1. The van der Waals surface area contributed by atoms with Crippen molar-refractivity contribution in [2.45, 2.75) is 13.0 Å². The Hall–Kier alpha value is -1.15. The van der Waals surface area contributed by atoms with Crippen LogP contribution in [0.15, 0.2) is 30.3 Å². The maximum atomic E-state index is 12.5. The summed E-state index contributed by atoms with van der Waals surface area (Å²) >= 11 is 0. The third kappa shape index (κ3) is 3.38. The molecular formula is C11H14FN. The van der Waals surface area contributed by atoms with Gasteiger partial charge in [-0.1, -0.05) is 24.3 Å². The van der Waals surface area contributed by atoms with Gasteiger partial charge in [0, 0.05) is 6.04 Å². The lowest BCUT2D eigenvalue weighted by atomic mass is 10.2. The zero-order valence-corrected chi connectivity index (χ0v) is 7.92. The van der Waals surface area contributed by atoms with Gasteiger partial charge in [0.2, 0.25) is 0 Å². The predicted molar refractivity (Wildman–Crippen MR) is 54.0 cm³/mol. The average molecular weight is 179 g/mol. The molecule has 0 unspecified atom stereocenters. The topological polar surface area (TPSA) is 12.0 Å². The maximum Gasteiger partial charge on any atom is 0.123 e. The first-order valence-electron chi connectivity index (χ1n) is 4.33. The molecule has 0 aliphatic rings. The second-order valence-corrected chi connectivity index (χ2v) is 2.99. The van der Waals surface area contributed by atoms with Crippen molar-refractivity contribution >= 4 is 6.08 Å². The van der Waals surface area contributed by atoms with Crippen LogP contribution in [0, 0.1) is 5.82 Å². The fourth-order valence-corrected chi connectivity index (χ4v) is 0.926. The number of likely N-dealkylation sites (N-methyl/N-ethyl adjacent to an activating group) is 1. The van der Waals surface area contributed by atoms with Crippen LogP contribution in [0.2, 0.25) is 0 Å². The van der Waals surface area contributed by atoms with Gasteiger partial charge in [-0.25, -0.2) is 4.39 Å². The minimum Gasteiger partial charge on any atom is -0.314 e. The summed E-state index contributed by atoms with van der Waals surface area (Å²) in [4.78, 5) is 0. The number of hydrogen-bond acceptors (Lipinski definition) is 1. The van der Waals surface area contributed by atoms with Crippen molar-refractivity contribution in [2.75, 3.05) is 7.05 Å². The number of halogens is 1. The molecule has 0 heterocycles. The number of rotatable bonds is 3. The van der Waals surface area contributed by atoms with Crippen molar-refractivity contribution < 1.29 is 4.39 Å². The second-order valence-electron chi connectivity index (χ2n) is 2.99. The molecule has 1 nitrogen and oxygen atoms in total. The molecule has 13 heavy (non-hydrogen) atoms. The molecule has 70 valence electrons. The van der Waals surface area contributed by atoms with Gasteiger partial charge in [-0.15, -0.1) is 0 Å². The van der Waals surface area contributed by atoms with Crippen molar-refractivity contribution in [3.8, 4) is 0 Å². The van der Waals surface area contributed by atoms with Crippen LogP contribution in [0.5, 0.6) is 0 Å². The Balaban J connectivity index is 2.64. The normalized spacial score (nSPS) is 13.5. The third-order valence-corrected chi connectivity index (χ3v) is 1.90. The van der Waals surface area contributed by atoms with E-state index in [0.717, 1.165) is 5.56 Å². The van der Waals surface area contributed by atoms with Crippen LogP contribution in [-0.4, -0.2) is 13.1 Å². The molecule has 1 aromatic rings. The summed E-state index contributed by atoms with van der Waals surface area (Å²) < 4.78 is 12.5. The minimum atomic E-state index is -0.196. The standard InChI is InChI=1S/C11H14FN/c1-9(13-2)3-4-10-5-7-11(12)8-6-10/h3-9,13H,1-2H3/b4-3+/t9-/m0/s1. The summed E-state index contributed by atoms with van der Waals surface area (Å²) in [5.74, 6) is -0.196. The molecule has 0 fully saturated rings. The molecule has 0 radical (unpaired) electrons. The van der Waals surface area contributed by atoms with Crippen LogP contribution >= 0.6 is 0 Å². The van der Waals surface area contributed by atoms with Crippen molar-refractivity contribution in [1.82, 2.24) is 5.32 Å². The molecule has 0 aromatic heterocycles. The summed E-state index contributed by atoms with van der Waals surface area (Å²) in [6.07, 6.45) is 4.01. The first-order valence-corrected chi connectivity index (χ1v) is 4.33. The molecule has 0 amide bonds. The summed E-state index contributed by atoms with van der Waals surface area (Å²) in [6.45, 7) is 2.06. The van der Waals surface area contributed by atoms with E-state index in [1.807, 2.05) is 19.2 Å². The maximum absolute atomic E-state index is 12.5. The fraction of sp³-hybridized carbons (Fsp3) is 0.273. The van der Waals surface area contributed by atoms with Gasteiger partial charge < -0.3 is 5.32 Å². The molecule has 0 aliphatic carbocycles. The van der Waals surface area contributed by atoms with E-state index in [0.29, 0.717) is 6.04 Å². The van der Waals surface area contributed by atoms with E-state index in [2.05, 4.69) is 12.2 Å². The second kappa shape index (κ2) is 4.77. The lowest BCUT2D eigenvalue weighted by Gasteiger charge is -2.01. The fourth-order valence-electron chi connectivity index (χ4n) is 0.926. The van der Waals surface area contributed by atoms with Crippen LogP contribution in [-0.2, 0) is 0 Å². The van der Waals surface area contributed by atoms with Gasteiger partial charge in [-0.05, 0) is 31.7 Å². The smallest absolute Gasteiger partial charge is 0.123 e. The molecule has 1 atom stereocenters. The molecule has 1 rings (SSSR count). The van der Waals surface area contributed by atoms with E-state index >= 15 is 0 Å². The van der Waals surface area contributed by atoms with E-state index in [-0.39, 0.29) is 5.82 Å². The van der Waals surface area contributed by atoms with Crippen LogP contribution < -0.4 is 5.32 Å². The lowest BCUT2D eigenvalue weighted by Crippen LogP contribution is -2.17. The summed E-state index contributed by atoms with van der Waals surface area (Å²) in [6, 6.07) is 6.78. The van der Waals surface area contributed by atoms with Crippen molar-refractivity contribution in [3.63, 3.8) is 0 Å². The predicted octanol–water partition coefficient (Wildman–Crippen LogP) is 2.45. The first-order chi connectivity index (χ1) is 6.22. The van der Waals surface area contributed by atoms with Gasteiger partial charge in [0.1, 0.15) is 5.82 Å². The molecule has 0 bridgehead atoms. The minimum absolute atomic E-state index is 0.196. The quantitative estimate of drug-likeness (QED) is 0.751. The Morgan fingerprint density at radius 1 is 1.31 bits per heavy atom. The summed E-state index contributed by atoms with van der Waals surface area (Å²) in [5, 5.41) is 3.09. The number of benzene rings is 1. The Morgan fingerprint density at radius 3 is 2.46 bits per heavy atom. The summed E-state index contributed by atoms with van der Waals surface area (Å²) in [7, 11) is 1.90. The molecule has 0 spiro atoms. The van der Waals surface area contributed by atoms with Gasteiger partial charge in [-0.3, -0.25) is 0 Å². The molecule has 2 heteroatoms. The number of hydrogen-bond donors (Lipinski definition) is 1. The van der Waals surface area contributed by atoms with E-state index < -0.39 is 0 Å². The van der Waals surface area contributed by atoms with Gasteiger partial charge >= 0.3 is 0 Å². The summed E-state index contributed by atoms with van der Waals surface area (Å²) in [5.41, 5.74) is 1.02. The van der Waals surface area contributed by atoms with Crippen molar-refractivity contribution in [2.24, 2.45) is 0 Å². The highest BCUT2D eigenvalue weighted by Gasteiger charge is 1.91. The highest BCUT2D eigenvalue weighted by atomic mass is 19.1. The Morgan fingerprint density at radius 2 is 1.92 bits per heavy atom. The zero-order valence-electron chi connectivity index (χ0n) is 7.92. The van der Waals surface area contributed by atoms with Crippen molar-refractivity contribution in [1.29, 1.82) is 0 Å². The Kier molecular flexibility index (Phi) is 3.65. The van der Waals surface area contributed by atoms with Crippen LogP contribution in [0.1, 0.15) is 12.5 Å². The molecule has 0 aliphatic heterocycles. The van der Waals surface area contributed by atoms with E-state index in [9.17, 15) is 4.39 Å². The van der Waals surface area contributed by atoms with Crippen LogP contribution in [0.3, 0.4) is 0 Å². The van der Waals surface area contributed by atoms with Crippen LogP contribution in [0.25, 0.3) is 6.08 Å². The molecular weight excluding hydrogens is 165 g/mol. The monoisotopic (exact) mass is 179 g/mol. The highest BCUT2D eigenvalue weighted by molar-refractivity contribution is 5.49. The lowest BCUT2D eigenvalue weighted by molar-refractivity contribution is 0.628. The third-order valence-electron chi connectivity index (χ3n) is 1.90.